The van der Waals surface area contributed by atoms with Gasteiger partial charge in [-0.05, 0) is 18.6 Å². The largest absolute Gasteiger partial charge is 0.363 e. The standard InChI is InChI=1S/C11H13N3OS3/c1-3-7-4-5-9(17-7)8(15)6-16-11-14-13-10(12-2)18-11/h4-5H,3,6H2,1-2H3,(H,12,13). The topological polar surface area (TPSA) is 54.9 Å². The molecule has 96 valence electrons. The zero-order valence-electron chi connectivity index (χ0n) is 10.1. The highest BCUT2D eigenvalue weighted by Gasteiger charge is 2.11. The Labute approximate surface area is 118 Å². The van der Waals surface area contributed by atoms with Crippen LogP contribution in [0.3, 0.4) is 0 Å². The molecule has 0 aliphatic rings. The second-order valence-corrected chi connectivity index (χ2v) is 6.82. The van der Waals surface area contributed by atoms with Crippen LogP contribution in [0.2, 0.25) is 0 Å². The molecule has 0 amide bonds. The summed E-state index contributed by atoms with van der Waals surface area (Å²) >= 11 is 4.48. The first kappa shape index (κ1) is 13.5. The minimum atomic E-state index is 0.158. The molecule has 1 N–H and O–H groups in total. The van der Waals surface area contributed by atoms with Gasteiger partial charge in [0.2, 0.25) is 5.13 Å². The van der Waals surface area contributed by atoms with Crippen molar-refractivity contribution in [2.45, 2.75) is 17.7 Å². The lowest BCUT2D eigenvalue weighted by atomic mass is 10.3. The van der Waals surface area contributed by atoms with Crippen LogP contribution in [0.25, 0.3) is 0 Å². The predicted molar refractivity (Wildman–Crippen MR) is 78.2 cm³/mol. The summed E-state index contributed by atoms with van der Waals surface area (Å²) in [6.07, 6.45) is 0.979. The monoisotopic (exact) mass is 299 g/mol. The van der Waals surface area contributed by atoms with Crippen LogP contribution in [-0.4, -0.2) is 28.8 Å². The van der Waals surface area contributed by atoms with Crippen molar-refractivity contribution in [3.63, 3.8) is 0 Å². The number of ketones is 1. The van der Waals surface area contributed by atoms with E-state index in [1.54, 1.807) is 18.4 Å². The van der Waals surface area contributed by atoms with Gasteiger partial charge in [0.05, 0.1) is 10.6 Å². The number of carbonyl (C=O) groups excluding carboxylic acids is 1. The number of thioether (sulfide) groups is 1. The third-order valence-corrected chi connectivity index (χ3v) is 5.58. The molecule has 0 bridgehead atoms. The van der Waals surface area contributed by atoms with E-state index in [0.717, 1.165) is 20.8 Å². The molecular weight excluding hydrogens is 286 g/mol. The van der Waals surface area contributed by atoms with Crippen molar-refractivity contribution in [2.75, 3.05) is 18.1 Å². The van der Waals surface area contributed by atoms with Crippen LogP contribution < -0.4 is 5.32 Å². The van der Waals surface area contributed by atoms with Gasteiger partial charge < -0.3 is 5.32 Å². The molecule has 2 aromatic heterocycles. The van der Waals surface area contributed by atoms with Gasteiger partial charge in [0.1, 0.15) is 0 Å². The second-order valence-electron chi connectivity index (χ2n) is 3.45. The molecule has 2 aromatic rings. The fourth-order valence-electron chi connectivity index (χ4n) is 1.29. The summed E-state index contributed by atoms with van der Waals surface area (Å²) in [5.74, 6) is 0.577. The summed E-state index contributed by atoms with van der Waals surface area (Å²) in [5, 5.41) is 11.6. The van der Waals surface area contributed by atoms with Gasteiger partial charge in [-0.1, -0.05) is 30.0 Å². The number of anilines is 1. The van der Waals surface area contributed by atoms with Gasteiger partial charge in [-0.2, -0.15) is 0 Å². The SMILES string of the molecule is CCc1ccc(C(=O)CSc2nnc(NC)s2)s1. The fourth-order valence-corrected chi connectivity index (χ4v) is 3.85. The van der Waals surface area contributed by atoms with Gasteiger partial charge in [-0.25, -0.2) is 0 Å². The zero-order chi connectivity index (χ0) is 13.0. The normalized spacial score (nSPS) is 10.6. The van der Waals surface area contributed by atoms with E-state index < -0.39 is 0 Å². The first-order chi connectivity index (χ1) is 8.72. The average Bonchev–Trinajstić information content (AvgIpc) is 3.04. The lowest BCUT2D eigenvalue weighted by molar-refractivity contribution is 0.102. The van der Waals surface area contributed by atoms with Crippen molar-refractivity contribution in [3.05, 3.63) is 21.9 Å². The molecule has 0 saturated carbocycles. The Bertz CT molecular complexity index is 535. The molecule has 0 aliphatic heterocycles. The van der Waals surface area contributed by atoms with Crippen molar-refractivity contribution in [1.82, 2.24) is 10.2 Å². The smallest absolute Gasteiger partial charge is 0.206 e. The van der Waals surface area contributed by atoms with Crippen LogP contribution in [0, 0.1) is 0 Å². The third-order valence-electron chi connectivity index (χ3n) is 2.23. The number of nitrogens with one attached hydrogen (secondary N) is 1. The molecule has 0 fully saturated rings. The molecule has 0 saturated heterocycles. The number of rotatable bonds is 6. The zero-order valence-corrected chi connectivity index (χ0v) is 12.5. The number of hydrogen-bond acceptors (Lipinski definition) is 7. The van der Waals surface area contributed by atoms with E-state index in [1.807, 2.05) is 12.1 Å². The Hall–Kier alpha value is -0.920. The molecule has 0 atom stereocenters. The third kappa shape index (κ3) is 3.30. The number of hydrogen-bond donors (Lipinski definition) is 1. The molecule has 0 spiro atoms. The molecule has 4 nitrogen and oxygen atoms in total. The average molecular weight is 299 g/mol. The Balaban J connectivity index is 1.91. The summed E-state index contributed by atoms with van der Waals surface area (Å²) in [6.45, 7) is 2.09. The van der Waals surface area contributed by atoms with Crippen LogP contribution in [0.4, 0.5) is 5.13 Å². The number of Topliss-reactive ketones (excluding diaryl/α,β-unsaturated/α-hetero) is 1. The van der Waals surface area contributed by atoms with Crippen LogP contribution in [0.5, 0.6) is 0 Å². The molecular formula is C11H13N3OS3. The second kappa shape index (κ2) is 6.31. The molecule has 0 unspecified atom stereocenters. The van der Waals surface area contributed by atoms with E-state index in [4.69, 9.17) is 0 Å². The Morgan fingerprint density at radius 2 is 2.22 bits per heavy atom. The Morgan fingerprint density at radius 3 is 2.83 bits per heavy atom. The van der Waals surface area contributed by atoms with Gasteiger partial charge in [0.15, 0.2) is 10.1 Å². The van der Waals surface area contributed by atoms with E-state index in [9.17, 15) is 4.79 Å². The van der Waals surface area contributed by atoms with Crippen LogP contribution in [0.1, 0.15) is 21.5 Å². The van der Waals surface area contributed by atoms with Gasteiger partial charge in [0, 0.05) is 11.9 Å². The van der Waals surface area contributed by atoms with E-state index in [2.05, 4.69) is 22.4 Å². The highest BCUT2D eigenvalue weighted by Crippen LogP contribution is 2.26. The summed E-state index contributed by atoms with van der Waals surface area (Å²) in [5.41, 5.74) is 0. The number of carbonyl (C=O) groups is 1. The molecule has 7 heteroatoms. The van der Waals surface area contributed by atoms with E-state index in [-0.39, 0.29) is 5.78 Å². The van der Waals surface area contributed by atoms with E-state index >= 15 is 0 Å². The van der Waals surface area contributed by atoms with Crippen molar-refractivity contribution in [2.24, 2.45) is 0 Å². The Morgan fingerprint density at radius 1 is 1.39 bits per heavy atom. The molecule has 0 radical (unpaired) electrons. The summed E-state index contributed by atoms with van der Waals surface area (Å²) in [4.78, 5) is 14.0. The molecule has 2 heterocycles. The predicted octanol–water partition coefficient (Wildman–Crippen LogP) is 3.18. The van der Waals surface area contributed by atoms with Gasteiger partial charge in [0.25, 0.3) is 0 Å². The quantitative estimate of drug-likeness (QED) is 0.656. The lowest BCUT2D eigenvalue weighted by Gasteiger charge is -1.94. The van der Waals surface area contributed by atoms with E-state index in [1.165, 1.54) is 28.0 Å². The van der Waals surface area contributed by atoms with Gasteiger partial charge >= 0.3 is 0 Å². The maximum absolute atomic E-state index is 12.0. The maximum Gasteiger partial charge on any atom is 0.206 e. The minimum absolute atomic E-state index is 0.158. The molecule has 0 aromatic carbocycles. The van der Waals surface area contributed by atoms with E-state index in [0.29, 0.717) is 5.75 Å². The summed E-state index contributed by atoms with van der Waals surface area (Å²) in [6, 6.07) is 3.93. The van der Waals surface area contributed by atoms with Gasteiger partial charge in [-0.15, -0.1) is 21.5 Å². The minimum Gasteiger partial charge on any atom is -0.363 e. The summed E-state index contributed by atoms with van der Waals surface area (Å²) in [7, 11) is 1.80. The van der Waals surface area contributed by atoms with Crippen LogP contribution in [0.15, 0.2) is 16.5 Å². The summed E-state index contributed by atoms with van der Waals surface area (Å²) < 4.78 is 0.819. The van der Waals surface area contributed by atoms with Gasteiger partial charge in [-0.3, -0.25) is 4.79 Å². The number of aryl methyl sites for hydroxylation is 1. The molecule has 0 aliphatic carbocycles. The van der Waals surface area contributed by atoms with Crippen molar-refractivity contribution < 1.29 is 4.79 Å². The lowest BCUT2D eigenvalue weighted by Crippen LogP contribution is -1.98. The number of thiophene rings is 1. The number of nitrogens with zero attached hydrogens (tertiary/aromatic N) is 2. The highest BCUT2D eigenvalue weighted by atomic mass is 32.2. The highest BCUT2D eigenvalue weighted by molar-refractivity contribution is 8.01. The van der Waals surface area contributed by atoms with Crippen LogP contribution >= 0.6 is 34.4 Å². The van der Waals surface area contributed by atoms with Crippen LogP contribution in [-0.2, 0) is 6.42 Å². The molecule has 18 heavy (non-hydrogen) atoms. The molecule has 2 rings (SSSR count). The van der Waals surface area contributed by atoms with Crippen molar-refractivity contribution in [1.29, 1.82) is 0 Å². The maximum atomic E-state index is 12.0. The fraction of sp³-hybridized carbons (Fsp3) is 0.364. The Kier molecular flexibility index (Phi) is 4.73. The first-order valence-corrected chi connectivity index (χ1v) is 8.10. The van der Waals surface area contributed by atoms with Crippen molar-refractivity contribution >= 4 is 45.4 Å². The number of aromatic nitrogens is 2. The van der Waals surface area contributed by atoms with Crippen molar-refractivity contribution in [3.8, 4) is 0 Å². The first-order valence-electron chi connectivity index (χ1n) is 5.49.